The Balaban J connectivity index is 4.94. The van der Waals surface area contributed by atoms with Crippen LogP contribution in [0.5, 0.6) is 0 Å². The van der Waals surface area contributed by atoms with E-state index in [1.54, 1.807) is 27.7 Å². The van der Waals surface area contributed by atoms with Gasteiger partial charge in [0.15, 0.2) is 15.6 Å². The van der Waals surface area contributed by atoms with Crippen LogP contribution in [0.4, 0.5) is 0 Å². The van der Waals surface area contributed by atoms with E-state index in [-0.39, 0.29) is 5.78 Å². The van der Waals surface area contributed by atoms with Gasteiger partial charge in [0.1, 0.15) is 5.25 Å². The van der Waals surface area contributed by atoms with Crippen molar-refractivity contribution >= 4 is 15.6 Å². The average Bonchev–Trinajstić information content (AvgIpc) is 1.83. The van der Waals surface area contributed by atoms with Gasteiger partial charge >= 0.3 is 0 Å². The molecule has 0 aliphatic carbocycles. The molecule has 4 heteroatoms. The number of rotatable bonds is 3. The lowest BCUT2D eigenvalue weighted by atomic mass is 9.88. The zero-order chi connectivity index (χ0) is 10.9. The van der Waals surface area contributed by atoms with E-state index in [9.17, 15) is 13.2 Å². The fourth-order valence-electron chi connectivity index (χ4n) is 1.17. The van der Waals surface area contributed by atoms with Crippen molar-refractivity contribution in [2.24, 2.45) is 5.41 Å². The van der Waals surface area contributed by atoms with Gasteiger partial charge in [-0.2, -0.15) is 0 Å². The molecule has 3 nitrogen and oxygen atoms in total. The van der Waals surface area contributed by atoms with Gasteiger partial charge in [-0.25, -0.2) is 8.42 Å². The first-order valence-electron chi connectivity index (χ1n) is 4.34. The van der Waals surface area contributed by atoms with Crippen LogP contribution >= 0.6 is 0 Å². The minimum atomic E-state index is -3.25. The average molecular weight is 206 g/mol. The largest absolute Gasteiger partial charge is 0.298 e. The molecule has 0 radical (unpaired) electrons. The number of carbonyl (C=O) groups excluding carboxylic acids is 1. The Hall–Kier alpha value is -0.380. The number of ketones is 1. The lowest BCUT2D eigenvalue weighted by Gasteiger charge is -2.22. The van der Waals surface area contributed by atoms with Gasteiger partial charge in [0.2, 0.25) is 0 Å². The molecule has 0 amide bonds. The lowest BCUT2D eigenvalue weighted by molar-refractivity contribution is -0.125. The standard InChI is InChI=1S/C9H18O3S/c1-6-7(13(5,11)12)8(10)9(2,3)4/h7H,6H2,1-5H3. The van der Waals surface area contributed by atoms with Crippen molar-refractivity contribution in [1.82, 2.24) is 0 Å². The van der Waals surface area contributed by atoms with Crippen molar-refractivity contribution in [1.29, 1.82) is 0 Å². The molecule has 0 N–H and O–H groups in total. The summed E-state index contributed by atoms with van der Waals surface area (Å²) < 4.78 is 22.5. The van der Waals surface area contributed by atoms with E-state index in [0.29, 0.717) is 6.42 Å². The maximum Gasteiger partial charge on any atom is 0.157 e. The van der Waals surface area contributed by atoms with Crippen LogP contribution in [-0.4, -0.2) is 25.7 Å². The Morgan fingerprint density at radius 1 is 1.31 bits per heavy atom. The molecule has 78 valence electrons. The maximum absolute atomic E-state index is 11.7. The zero-order valence-corrected chi connectivity index (χ0v) is 9.73. The van der Waals surface area contributed by atoms with Crippen LogP contribution in [0.3, 0.4) is 0 Å². The SMILES string of the molecule is CCC(C(=O)C(C)(C)C)S(C)(=O)=O. The number of hydrogen-bond donors (Lipinski definition) is 0. The first kappa shape index (κ1) is 12.6. The summed E-state index contributed by atoms with van der Waals surface area (Å²) in [7, 11) is -3.25. The molecule has 0 rings (SSSR count). The van der Waals surface area contributed by atoms with Gasteiger partial charge in [-0.15, -0.1) is 0 Å². The molecule has 0 aromatic carbocycles. The van der Waals surface area contributed by atoms with E-state index in [4.69, 9.17) is 0 Å². The molecule has 0 bridgehead atoms. The maximum atomic E-state index is 11.7. The summed E-state index contributed by atoms with van der Waals surface area (Å²) in [4.78, 5) is 11.7. The van der Waals surface area contributed by atoms with Crippen LogP contribution in [0.1, 0.15) is 34.1 Å². The van der Waals surface area contributed by atoms with Crippen molar-refractivity contribution in [3.05, 3.63) is 0 Å². The van der Waals surface area contributed by atoms with Crippen molar-refractivity contribution in [3.63, 3.8) is 0 Å². The number of carbonyl (C=O) groups is 1. The Bertz CT molecular complexity index is 282. The normalized spacial score (nSPS) is 15.5. The van der Waals surface area contributed by atoms with E-state index in [2.05, 4.69) is 0 Å². The minimum Gasteiger partial charge on any atom is -0.298 e. The summed E-state index contributed by atoms with van der Waals surface area (Å²) in [6, 6.07) is 0. The van der Waals surface area contributed by atoms with Gasteiger partial charge in [-0.1, -0.05) is 27.7 Å². The van der Waals surface area contributed by atoms with Crippen LogP contribution in [0.25, 0.3) is 0 Å². The van der Waals surface area contributed by atoms with Gasteiger partial charge in [-0.3, -0.25) is 4.79 Å². The summed E-state index contributed by atoms with van der Waals surface area (Å²) in [5.41, 5.74) is -0.580. The van der Waals surface area contributed by atoms with Gasteiger partial charge in [0.05, 0.1) is 0 Å². The van der Waals surface area contributed by atoms with Gasteiger partial charge in [-0.05, 0) is 6.42 Å². The molecule has 0 aliphatic rings. The van der Waals surface area contributed by atoms with E-state index in [1.807, 2.05) is 0 Å². The summed E-state index contributed by atoms with van der Waals surface area (Å²) in [5.74, 6) is -0.197. The third kappa shape index (κ3) is 3.46. The quantitative estimate of drug-likeness (QED) is 0.701. The fraction of sp³-hybridized carbons (Fsp3) is 0.889. The zero-order valence-electron chi connectivity index (χ0n) is 8.92. The number of Topliss-reactive ketones (excluding diaryl/α,β-unsaturated/α-hetero) is 1. The molecular formula is C9H18O3S. The summed E-state index contributed by atoms with van der Waals surface area (Å²) in [5, 5.41) is -0.840. The Morgan fingerprint density at radius 3 is 1.77 bits per heavy atom. The molecule has 0 fully saturated rings. The van der Waals surface area contributed by atoms with E-state index < -0.39 is 20.5 Å². The van der Waals surface area contributed by atoms with Crippen LogP contribution in [0.15, 0.2) is 0 Å². The molecule has 0 saturated carbocycles. The Kier molecular flexibility index (Phi) is 3.67. The van der Waals surface area contributed by atoms with Crippen molar-refractivity contribution in [3.8, 4) is 0 Å². The number of sulfone groups is 1. The van der Waals surface area contributed by atoms with Crippen molar-refractivity contribution < 1.29 is 13.2 Å². The molecule has 13 heavy (non-hydrogen) atoms. The van der Waals surface area contributed by atoms with Crippen LogP contribution in [0, 0.1) is 5.41 Å². The van der Waals surface area contributed by atoms with E-state index in [1.165, 1.54) is 0 Å². The predicted molar refractivity (Wildman–Crippen MR) is 53.4 cm³/mol. The minimum absolute atomic E-state index is 0.197. The van der Waals surface area contributed by atoms with Crippen LogP contribution < -0.4 is 0 Å². The summed E-state index contributed by atoms with van der Waals surface area (Å²) >= 11 is 0. The monoisotopic (exact) mass is 206 g/mol. The highest BCUT2D eigenvalue weighted by molar-refractivity contribution is 7.92. The lowest BCUT2D eigenvalue weighted by Crippen LogP contribution is -2.37. The third-order valence-corrected chi connectivity index (χ3v) is 3.50. The highest BCUT2D eigenvalue weighted by Crippen LogP contribution is 2.21. The second-order valence-electron chi connectivity index (χ2n) is 4.34. The molecule has 1 unspecified atom stereocenters. The Morgan fingerprint density at radius 2 is 1.69 bits per heavy atom. The molecule has 0 aromatic rings. The number of hydrogen-bond acceptors (Lipinski definition) is 3. The third-order valence-electron chi connectivity index (χ3n) is 1.92. The van der Waals surface area contributed by atoms with Gasteiger partial charge in [0, 0.05) is 11.7 Å². The van der Waals surface area contributed by atoms with Gasteiger partial charge < -0.3 is 0 Å². The molecule has 0 saturated heterocycles. The fourth-order valence-corrected chi connectivity index (χ4v) is 2.51. The highest BCUT2D eigenvalue weighted by Gasteiger charge is 2.34. The summed E-state index contributed by atoms with van der Waals surface area (Å²) in [6.45, 7) is 6.94. The molecular weight excluding hydrogens is 188 g/mol. The predicted octanol–water partition coefficient (Wildman–Crippen LogP) is 1.42. The molecule has 0 aromatic heterocycles. The molecule has 1 atom stereocenters. The van der Waals surface area contributed by atoms with Crippen LogP contribution in [0.2, 0.25) is 0 Å². The van der Waals surface area contributed by atoms with Crippen molar-refractivity contribution in [2.75, 3.05) is 6.26 Å². The second-order valence-corrected chi connectivity index (χ2v) is 6.57. The topological polar surface area (TPSA) is 51.2 Å². The van der Waals surface area contributed by atoms with Crippen molar-refractivity contribution in [2.45, 2.75) is 39.4 Å². The highest BCUT2D eigenvalue weighted by atomic mass is 32.2. The second kappa shape index (κ2) is 3.78. The van der Waals surface area contributed by atoms with E-state index in [0.717, 1.165) is 6.26 Å². The first-order valence-corrected chi connectivity index (χ1v) is 6.29. The van der Waals surface area contributed by atoms with Crippen LogP contribution in [-0.2, 0) is 14.6 Å². The molecule has 0 heterocycles. The molecule has 0 aliphatic heterocycles. The Labute approximate surface area is 80.4 Å². The first-order chi connectivity index (χ1) is 5.60. The summed E-state index contributed by atoms with van der Waals surface area (Å²) in [6.07, 6.45) is 1.47. The van der Waals surface area contributed by atoms with Gasteiger partial charge in [0.25, 0.3) is 0 Å². The van der Waals surface area contributed by atoms with E-state index >= 15 is 0 Å². The molecule has 0 spiro atoms. The smallest absolute Gasteiger partial charge is 0.157 e.